The van der Waals surface area contributed by atoms with Crippen LogP contribution in [0.15, 0.2) is 24.3 Å². The van der Waals surface area contributed by atoms with Crippen molar-refractivity contribution in [2.24, 2.45) is 11.8 Å². The predicted octanol–water partition coefficient (Wildman–Crippen LogP) is 3.86. The molecule has 1 aromatic heterocycles. The molecule has 3 unspecified atom stereocenters. The lowest BCUT2D eigenvalue weighted by molar-refractivity contribution is 0.355. The molecule has 0 bridgehead atoms. The van der Waals surface area contributed by atoms with Crippen molar-refractivity contribution in [1.82, 2.24) is 10.3 Å². The van der Waals surface area contributed by atoms with Crippen LogP contribution in [0, 0.1) is 11.8 Å². The second-order valence-corrected chi connectivity index (χ2v) is 6.76. The van der Waals surface area contributed by atoms with Crippen LogP contribution >= 0.6 is 11.3 Å². The Morgan fingerprint density at radius 3 is 2.95 bits per heavy atom. The van der Waals surface area contributed by atoms with Crippen LogP contribution in [-0.2, 0) is 6.42 Å². The van der Waals surface area contributed by atoms with Crippen molar-refractivity contribution in [2.75, 3.05) is 6.54 Å². The lowest BCUT2D eigenvalue weighted by atomic mass is 9.93. The summed E-state index contributed by atoms with van der Waals surface area (Å²) in [7, 11) is 0. The van der Waals surface area contributed by atoms with Gasteiger partial charge in [-0.05, 0) is 43.4 Å². The molecular weight excluding hydrogens is 252 g/mol. The molecule has 19 heavy (non-hydrogen) atoms. The fraction of sp³-hybridized carbons (Fsp3) is 0.562. The Kier molecular flexibility index (Phi) is 3.85. The number of aromatic nitrogens is 1. The Bertz CT molecular complexity index is 515. The zero-order valence-electron chi connectivity index (χ0n) is 11.7. The van der Waals surface area contributed by atoms with Crippen molar-refractivity contribution < 1.29 is 0 Å². The molecular formula is C16H22N2S. The molecule has 1 N–H and O–H groups in total. The van der Waals surface area contributed by atoms with Gasteiger partial charge in [-0.2, -0.15) is 0 Å². The molecule has 1 aromatic carbocycles. The number of fused-ring (bicyclic) bond motifs is 1. The van der Waals surface area contributed by atoms with E-state index in [1.54, 1.807) is 0 Å². The molecule has 102 valence electrons. The summed E-state index contributed by atoms with van der Waals surface area (Å²) in [5.74, 6) is 1.57. The first-order chi connectivity index (χ1) is 9.28. The molecule has 0 saturated heterocycles. The van der Waals surface area contributed by atoms with Gasteiger partial charge in [0.2, 0.25) is 0 Å². The minimum absolute atomic E-state index is 0.712. The van der Waals surface area contributed by atoms with Crippen molar-refractivity contribution in [3.63, 3.8) is 0 Å². The largest absolute Gasteiger partial charge is 0.314 e. The summed E-state index contributed by atoms with van der Waals surface area (Å²) in [4.78, 5) is 4.78. The highest BCUT2D eigenvalue weighted by molar-refractivity contribution is 7.18. The average molecular weight is 274 g/mol. The molecule has 2 nitrogen and oxygen atoms in total. The molecule has 3 rings (SSSR count). The number of nitrogens with zero attached hydrogens (tertiary/aromatic N) is 1. The van der Waals surface area contributed by atoms with Gasteiger partial charge in [-0.1, -0.05) is 26.0 Å². The number of hydrogen-bond acceptors (Lipinski definition) is 3. The maximum atomic E-state index is 4.78. The van der Waals surface area contributed by atoms with Gasteiger partial charge in [0, 0.05) is 12.5 Å². The predicted molar refractivity (Wildman–Crippen MR) is 82.7 cm³/mol. The van der Waals surface area contributed by atoms with Crippen LogP contribution in [0.25, 0.3) is 10.2 Å². The molecule has 1 fully saturated rings. The Hall–Kier alpha value is -0.930. The average Bonchev–Trinajstić information content (AvgIpc) is 2.96. The third-order valence-corrected chi connectivity index (χ3v) is 5.53. The molecule has 1 saturated carbocycles. The van der Waals surface area contributed by atoms with Crippen molar-refractivity contribution in [3.05, 3.63) is 29.3 Å². The van der Waals surface area contributed by atoms with Gasteiger partial charge in [0.05, 0.1) is 15.2 Å². The second-order valence-electron chi connectivity index (χ2n) is 5.64. The SMILES string of the molecule is CCNC1CCC(Cc2nc3ccccc3s2)C1C. The number of rotatable bonds is 4. The van der Waals surface area contributed by atoms with E-state index in [-0.39, 0.29) is 0 Å². The Morgan fingerprint density at radius 1 is 1.32 bits per heavy atom. The van der Waals surface area contributed by atoms with Crippen LogP contribution in [0.2, 0.25) is 0 Å². The summed E-state index contributed by atoms with van der Waals surface area (Å²) in [5, 5.41) is 4.93. The van der Waals surface area contributed by atoms with E-state index in [9.17, 15) is 0 Å². The number of para-hydroxylation sites is 1. The van der Waals surface area contributed by atoms with E-state index in [0.29, 0.717) is 6.04 Å². The maximum absolute atomic E-state index is 4.78. The molecule has 0 amide bonds. The molecule has 1 aliphatic carbocycles. The molecule has 3 heteroatoms. The van der Waals surface area contributed by atoms with Crippen molar-refractivity contribution in [2.45, 2.75) is 39.2 Å². The van der Waals surface area contributed by atoms with E-state index < -0.39 is 0 Å². The van der Waals surface area contributed by atoms with Gasteiger partial charge >= 0.3 is 0 Å². The summed E-state index contributed by atoms with van der Waals surface area (Å²) in [5.41, 5.74) is 1.16. The zero-order valence-corrected chi connectivity index (χ0v) is 12.5. The van der Waals surface area contributed by atoms with Gasteiger partial charge in [-0.3, -0.25) is 0 Å². The van der Waals surface area contributed by atoms with Crippen LogP contribution in [0.1, 0.15) is 31.7 Å². The number of thiazole rings is 1. The lowest BCUT2D eigenvalue weighted by Gasteiger charge is -2.20. The van der Waals surface area contributed by atoms with E-state index in [0.717, 1.165) is 30.3 Å². The molecule has 2 aromatic rings. The summed E-state index contributed by atoms with van der Waals surface area (Å²) < 4.78 is 1.33. The monoisotopic (exact) mass is 274 g/mol. The van der Waals surface area contributed by atoms with E-state index in [4.69, 9.17) is 4.98 Å². The first kappa shape index (κ1) is 13.1. The molecule has 0 aliphatic heterocycles. The Balaban J connectivity index is 1.71. The lowest BCUT2D eigenvalue weighted by Crippen LogP contribution is -2.32. The number of nitrogens with one attached hydrogen (secondary N) is 1. The molecule has 0 radical (unpaired) electrons. The first-order valence-corrected chi connectivity index (χ1v) is 8.17. The summed E-state index contributed by atoms with van der Waals surface area (Å²) in [6.07, 6.45) is 3.82. The van der Waals surface area contributed by atoms with Gasteiger partial charge in [0.1, 0.15) is 0 Å². The van der Waals surface area contributed by atoms with E-state index in [1.807, 2.05) is 11.3 Å². The normalized spacial score (nSPS) is 27.2. The van der Waals surface area contributed by atoms with Crippen LogP contribution in [0.3, 0.4) is 0 Å². The van der Waals surface area contributed by atoms with Crippen molar-refractivity contribution in [1.29, 1.82) is 0 Å². The molecule has 1 heterocycles. The van der Waals surface area contributed by atoms with Gasteiger partial charge in [0.25, 0.3) is 0 Å². The van der Waals surface area contributed by atoms with Crippen LogP contribution in [0.5, 0.6) is 0 Å². The highest BCUT2D eigenvalue weighted by Crippen LogP contribution is 2.35. The van der Waals surface area contributed by atoms with Crippen LogP contribution in [0.4, 0.5) is 0 Å². The third kappa shape index (κ3) is 2.67. The zero-order chi connectivity index (χ0) is 13.2. The molecule has 3 atom stereocenters. The highest BCUT2D eigenvalue weighted by Gasteiger charge is 2.32. The van der Waals surface area contributed by atoms with Crippen molar-refractivity contribution >= 4 is 21.6 Å². The van der Waals surface area contributed by atoms with E-state index >= 15 is 0 Å². The minimum atomic E-state index is 0.712. The summed E-state index contributed by atoms with van der Waals surface area (Å²) >= 11 is 1.87. The Labute approximate surface area is 119 Å². The quantitative estimate of drug-likeness (QED) is 0.915. The van der Waals surface area contributed by atoms with Crippen molar-refractivity contribution in [3.8, 4) is 0 Å². The summed E-state index contributed by atoms with van der Waals surface area (Å²) in [6, 6.07) is 9.18. The van der Waals surface area contributed by atoms with Gasteiger partial charge in [0.15, 0.2) is 0 Å². The van der Waals surface area contributed by atoms with Crippen LogP contribution < -0.4 is 5.32 Å². The number of benzene rings is 1. The number of hydrogen-bond donors (Lipinski definition) is 1. The molecule has 1 aliphatic rings. The van der Waals surface area contributed by atoms with E-state index in [1.165, 1.54) is 22.5 Å². The fourth-order valence-corrected chi connectivity index (χ4v) is 4.38. The van der Waals surface area contributed by atoms with Crippen LogP contribution in [-0.4, -0.2) is 17.6 Å². The molecule has 0 spiro atoms. The smallest absolute Gasteiger partial charge is 0.0941 e. The fourth-order valence-electron chi connectivity index (χ4n) is 3.32. The minimum Gasteiger partial charge on any atom is -0.314 e. The first-order valence-electron chi connectivity index (χ1n) is 7.35. The van der Waals surface area contributed by atoms with E-state index in [2.05, 4.69) is 43.4 Å². The second kappa shape index (κ2) is 5.59. The highest BCUT2D eigenvalue weighted by atomic mass is 32.1. The maximum Gasteiger partial charge on any atom is 0.0941 e. The third-order valence-electron chi connectivity index (χ3n) is 4.47. The van der Waals surface area contributed by atoms with Gasteiger partial charge in [-0.25, -0.2) is 4.98 Å². The summed E-state index contributed by atoms with van der Waals surface area (Å²) in [6.45, 7) is 5.69. The standard InChI is InChI=1S/C16H22N2S/c1-3-17-13-9-8-12(11(13)2)10-16-18-14-6-4-5-7-15(14)19-16/h4-7,11-13,17H,3,8-10H2,1-2H3. The van der Waals surface area contributed by atoms with Gasteiger partial charge < -0.3 is 5.32 Å². The Morgan fingerprint density at radius 2 is 2.16 bits per heavy atom. The topological polar surface area (TPSA) is 24.9 Å². The van der Waals surface area contributed by atoms with Gasteiger partial charge in [-0.15, -0.1) is 11.3 Å².